The summed E-state index contributed by atoms with van der Waals surface area (Å²) in [6.45, 7) is 0. The maximum Gasteiger partial charge on any atom is 0.250 e. The van der Waals surface area contributed by atoms with Crippen molar-refractivity contribution < 1.29 is 19.0 Å². The normalized spacial score (nSPS) is 11.0. The van der Waals surface area contributed by atoms with Gasteiger partial charge in [-0.05, 0) is 30.3 Å². The molecule has 0 aliphatic carbocycles. The zero-order chi connectivity index (χ0) is 27.1. The highest BCUT2D eigenvalue weighted by molar-refractivity contribution is 7.99. The molecule has 4 rings (SSSR count). The number of halogens is 2. The van der Waals surface area contributed by atoms with Gasteiger partial charge in [0.25, 0.3) is 5.91 Å². The molecule has 1 aromatic heterocycles. The second-order valence-corrected chi connectivity index (χ2v) is 9.34. The highest BCUT2D eigenvalue weighted by Gasteiger charge is 2.21. The largest absolute Gasteiger partial charge is 0.493 e. The van der Waals surface area contributed by atoms with Crippen molar-refractivity contribution in [3.8, 4) is 34.3 Å². The summed E-state index contributed by atoms with van der Waals surface area (Å²) >= 11 is 13.4. The second-order valence-electron chi connectivity index (χ2n) is 7.62. The molecule has 0 saturated carbocycles. The molecule has 0 aliphatic rings. The van der Waals surface area contributed by atoms with Gasteiger partial charge in [-0.25, -0.2) is 5.43 Å². The highest BCUT2D eigenvalue weighted by atomic mass is 35.5. The number of methoxy groups -OCH3 is 3. The summed E-state index contributed by atoms with van der Waals surface area (Å²) in [5.41, 5.74) is 4.59. The molecule has 0 fully saturated rings. The van der Waals surface area contributed by atoms with Gasteiger partial charge >= 0.3 is 0 Å². The summed E-state index contributed by atoms with van der Waals surface area (Å²) in [7, 11) is 4.64. The summed E-state index contributed by atoms with van der Waals surface area (Å²) < 4.78 is 18.3. The van der Waals surface area contributed by atoms with Crippen LogP contribution in [0.2, 0.25) is 10.0 Å². The Balaban J connectivity index is 1.59. The molecule has 0 aliphatic heterocycles. The van der Waals surface area contributed by atoms with Crippen molar-refractivity contribution in [3.05, 3.63) is 76.3 Å². The fraction of sp³-hybridized carbons (Fsp3) is 0.154. The number of hydrogen-bond acceptors (Lipinski definition) is 8. The molecule has 38 heavy (non-hydrogen) atoms. The lowest BCUT2D eigenvalue weighted by atomic mass is 10.1. The van der Waals surface area contributed by atoms with Crippen molar-refractivity contribution in [3.63, 3.8) is 0 Å². The molecule has 0 atom stereocenters. The van der Waals surface area contributed by atoms with Crippen LogP contribution in [0.4, 0.5) is 0 Å². The average Bonchev–Trinajstić information content (AvgIpc) is 3.37. The zero-order valence-electron chi connectivity index (χ0n) is 20.6. The van der Waals surface area contributed by atoms with Crippen LogP contribution in [0.3, 0.4) is 0 Å². The number of aromatic nitrogens is 3. The minimum Gasteiger partial charge on any atom is -0.493 e. The monoisotopic (exact) mass is 571 g/mol. The Bertz CT molecular complexity index is 1440. The van der Waals surface area contributed by atoms with E-state index >= 15 is 0 Å². The van der Waals surface area contributed by atoms with Crippen LogP contribution in [-0.4, -0.2) is 54.0 Å². The summed E-state index contributed by atoms with van der Waals surface area (Å²) in [6, 6.07) is 18.3. The van der Waals surface area contributed by atoms with Gasteiger partial charge in [0.1, 0.15) is 0 Å². The van der Waals surface area contributed by atoms with E-state index in [1.165, 1.54) is 18.0 Å². The van der Waals surface area contributed by atoms with E-state index in [2.05, 4.69) is 20.7 Å². The zero-order valence-corrected chi connectivity index (χ0v) is 23.0. The highest BCUT2D eigenvalue weighted by Crippen LogP contribution is 2.41. The Labute approximate surface area is 233 Å². The first-order valence-electron chi connectivity index (χ1n) is 11.2. The third-order valence-corrected chi connectivity index (χ3v) is 7.04. The number of rotatable bonds is 10. The Morgan fingerprint density at radius 3 is 2.37 bits per heavy atom. The lowest BCUT2D eigenvalue weighted by Gasteiger charge is -2.15. The number of nitrogens with one attached hydrogen (secondary N) is 1. The van der Waals surface area contributed by atoms with E-state index in [1.807, 2.05) is 34.9 Å². The van der Waals surface area contributed by atoms with Gasteiger partial charge in [0.2, 0.25) is 5.75 Å². The molecule has 0 unspecified atom stereocenters. The third-order valence-electron chi connectivity index (χ3n) is 5.28. The Kier molecular flexibility index (Phi) is 9.11. The standard InChI is InChI=1S/C26H23Cl2N5O4S/c1-35-20-12-17(13-21(36-2)24(20)37-3)25-31-32-26(33(25)18-9-5-4-6-10-18)38-15-22(34)30-29-14-16-8-7-11-19(27)23(16)28/h4-14H,15H2,1-3H3,(H,30,34). The lowest BCUT2D eigenvalue weighted by molar-refractivity contribution is -0.118. The van der Waals surface area contributed by atoms with Gasteiger partial charge in [-0.1, -0.05) is 65.3 Å². The van der Waals surface area contributed by atoms with Crippen molar-refractivity contribution in [2.75, 3.05) is 27.1 Å². The fourth-order valence-corrected chi connectivity index (χ4v) is 4.63. The first-order valence-corrected chi connectivity index (χ1v) is 12.9. The number of thioether (sulfide) groups is 1. The number of hydrazone groups is 1. The summed E-state index contributed by atoms with van der Waals surface area (Å²) in [4.78, 5) is 12.5. The van der Waals surface area contributed by atoms with Crippen molar-refractivity contribution in [2.45, 2.75) is 5.16 Å². The van der Waals surface area contributed by atoms with Crippen molar-refractivity contribution in [1.82, 2.24) is 20.2 Å². The van der Waals surface area contributed by atoms with Crippen LogP contribution < -0.4 is 19.6 Å². The van der Waals surface area contributed by atoms with E-state index in [0.717, 1.165) is 5.69 Å². The molecule has 3 aromatic carbocycles. The molecule has 1 amide bonds. The quantitative estimate of drug-likeness (QED) is 0.152. The lowest BCUT2D eigenvalue weighted by Crippen LogP contribution is -2.20. The van der Waals surface area contributed by atoms with Crippen LogP contribution in [0.5, 0.6) is 17.2 Å². The predicted octanol–water partition coefficient (Wildman–Crippen LogP) is 5.51. The SMILES string of the molecule is COc1cc(-c2nnc(SCC(=O)NN=Cc3cccc(Cl)c3Cl)n2-c2ccccc2)cc(OC)c1OC. The fourth-order valence-electron chi connectivity index (χ4n) is 3.53. The number of benzene rings is 3. The van der Waals surface area contributed by atoms with Crippen LogP contribution >= 0.6 is 35.0 Å². The van der Waals surface area contributed by atoms with Crippen molar-refractivity contribution in [1.29, 1.82) is 0 Å². The molecule has 9 nitrogen and oxygen atoms in total. The number of para-hydroxylation sites is 1. The Morgan fingerprint density at radius 2 is 1.71 bits per heavy atom. The van der Waals surface area contributed by atoms with Crippen molar-refractivity contribution in [2.24, 2.45) is 5.10 Å². The smallest absolute Gasteiger partial charge is 0.250 e. The molecule has 1 heterocycles. The number of hydrogen-bond donors (Lipinski definition) is 1. The van der Waals surface area contributed by atoms with Gasteiger partial charge in [0.05, 0.1) is 43.3 Å². The van der Waals surface area contributed by atoms with Crippen molar-refractivity contribution >= 4 is 47.1 Å². The van der Waals surface area contributed by atoms with E-state index in [4.69, 9.17) is 37.4 Å². The van der Waals surface area contributed by atoms with Gasteiger partial charge < -0.3 is 14.2 Å². The first kappa shape index (κ1) is 27.3. The maximum atomic E-state index is 12.5. The molecule has 12 heteroatoms. The molecule has 196 valence electrons. The summed E-state index contributed by atoms with van der Waals surface area (Å²) in [5.74, 6) is 1.68. The molecular weight excluding hydrogens is 549 g/mol. The van der Waals surface area contributed by atoms with E-state index in [-0.39, 0.29) is 11.7 Å². The number of ether oxygens (including phenoxy) is 3. The van der Waals surface area contributed by atoms with Crippen LogP contribution in [0.25, 0.3) is 17.1 Å². The van der Waals surface area contributed by atoms with Crippen LogP contribution in [0, 0.1) is 0 Å². The predicted molar refractivity (Wildman–Crippen MR) is 149 cm³/mol. The van der Waals surface area contributed by atoms with E-state index in [0.29, 0.717) is 49.4 Å². The van der Waals surface area contributed by atoms with Gasteiger partial charge in [0.15, 0.2) is 22.5 Å². The molecule has 0 spiro atoms. The topological polar surface area (TPSA) is 99.9 Å². The second kappa shape index (κ2) is 12.7. The van der Waals surface area contributed by atoms with Gasteiger partial charge in [-0.2, -0.15) is 5.10 Å². The van der Waals surface area contributed by atoms with Crippen LogP contribution in [0.15, 0.2) is 70.9 Å². The number of amides is 1. The third kappa shape index (κ3) is 6.04. The van der Waals surface area contributed by atoms with Crippen LogP contribution in [-0.2, 0) is 4.79 Å². The summed E-state index contributed by atoms with van der Waals surface area (Å²) in [5, 5.41) is 14.0. The van der Waals surface area contributed by atoms with E-state index in [1.54, 1.807) is 51.7 Å². The average molecular weight is 572 g/mol. The molecular formula is C26H23Cl2N5O4S. The number of carbonyl (C=O) groups is 1. The van der Waals surface area contributed by atoms with Gasteiger partial charge in [-0.15, -0.1) is 10.2 Å². The maximum absolute atomic E-state index is 12.5. The molecule has 0 radical (unpaired) electrons. The molecule has 0 saturated heterocycles. The Hall–Kier alpha value is -3.73. The van der Waals surface area contributed by atoms with Gasteiger partial charge in [0, 0.05) is 16.8 Å². The first-order chi connectivity index (χ1) is 18.5. The summed E-state index contributed by atoms with van der Waals surface area (Å²) in [6.07, 6.45) is 1.44. The molecule has 0 bridgehead atoms. The van der Waals surface area contributed by atoms with E-state index in [9.17, 15) is 4.79 Å². The molecule has 1 N–H and O–H groups in total. The minimum atomic E-state index is -0.332. The Morgan fingerprint density at radius 1 is 1.00 bits per heavy atom. The van der Waals surface area contributed by atoms with Gasteiger partial charge in [-0.3, -0.25) is 9.36 Å². The van der Waals surface area contributed by atoms with E-state index < -0.39 is 0 Å². The molecule has 4 aromatic rings. The number of carbonyl (C=O) groups excluding carboxylic acids is 1. The van der Waals surface area contributed by atoms with Crippen LogP contribution in [0.1, 0.15) is 5.56 Å². The number of nitrogens with zero attached hydrogens (tertiary/aromatic N) is 4. The minimum absolute atomic E-state index is 0.0425.